The summed E-state index contributed by atoms with van der Waals surface area (Å²) in [6.45, 7) is 2.94. The molecule has 0 atom stereocenters. The van der Waals surface area contributed by atoms with Crippen molar-refractivity contribution in [3.05, 3.63) is 88.7 Å². The largest absolute Gasteiger partial charge is 0.492 e. The summed E-state index contributed by atoms with van der Waals surface area (Å²) in [6.07, 6.45) is 0. The van der Waals surface area contributed by atoms with E-state index in [1.54, 1.807) is 28.9 Å². The van der Waals surface area contributed by atoms with Crippen molar-refractivity contribution in [1.29, 1.82) is 0 Å². The fourth-order valence-electron chi connectivity index (χ4n) is 3.30. The molecule has 0 bridgehead atoms. The van der Waals surface area contributed by atoms with Crippen molar-refractivity contribution in [2.75, 3.05) is 17.2 Å². The number of aromatic nitrogens is 2. The van der Waals surface area contributed by atoms with Gasteiger partial charge < -0.3 is 15.4 Å². The smallest absolute Gasteiger partial charge is 0.323 e. The molecule has 0 spiro atoms. The van der Waals surface area contributed by atoms with E-state index in [1.165, 1.54) is 0 Å². The molecule has 0 fully saturated rings. The summed E-state index contributed by atoms with van der Waals surface area (Å²) in [6, 6.07) is 21.9. The fourth-order valence-corrected chi connectivity index (χ4v) is 3.30. The molecule has 0 radical (unpaired) electrons. The van der Waals surface area contributed by atoms with Gasteiger partial charge in [0.15, 0.2) is 0 Å². The van der Waals surface area contributed by atoms with Gasteiger partial charge in [0.25, 0.3) is 5.56 Å². The van der Waals surface area contributed by atoms with Crippen molar-refractivity contribution in [2.24, 2.45) is 0 Å². The number of carbonyl (C=O) groups excluding carboxylic acids is 1. The van der Waals surface area contributed by atoms with Gasteiger partial charge in [-0.15, -0.1) is 0 Å². The number of para-hydroxylation sites is 2. The van der Waals surface area contributed by atoms with E-state index in [-0.39, 0.29) is 5.56 Å². The van der Waals surface area contributed by atoms with E-state index in [0.717, 1.165) is 11.1 Å². The van der Waals surface area contributed by atoms with Crippen LogP contribution in [0.3, 0.4) is 0 Å². The predicted molar refractivity (Wildman–Crippen MR) is 118 cm³/mol. The summed E-state index contributed by atoms with van der Waals surface area (Å²) in [5, 5.41) is 8.92. The average molecular weight is 402 g/mol. The Morgan fingerprint density at radius 3 is 2.57 bits per heavy atom. The Balaban J connectivity index is 1.52. The first-order chi connectivity index (χ1) is 14.6. The van der Waals surface area contributed by atoms with Crippen molar-refractivity contribution in [3.63, 3.8) is 0 Å². The molecule has 1 heterocycles. The molecule has 3 aromatic carbocycles. The summed E-state index contributed by atoms with van der Waals surface area (Å²) in [7, 11) is 0. The zero-order valence-electron chi connectivity index (χ0n) is 16.5. The molecule has 4 aromatic rings. The lowest BCUT2D eigenvalue weighted by atomic mass is 10.2. The molecule has 0 aliphatic rings. The highest BCUT2D eigenvalue weighted by Crippen LogP contribution is 2.24. The van der Waals surface area contributed by atoms with E-state index in [2.05, 4.69) is 15.7 Å². The lowest BCUT2D eigenvalue weighted by molar-refractivity contribution is 0.262. The van der Waals surface area contributed by atoms with E-state index in [9.17, 15) is 9.59 Å². The highest BCUT2D eigenvalue weighted by molar-refractivity contribution is 6.01. The van der Waals surface area contributed by atoms with Crippen LogP contribution in [0.25, 0.3) is 10.9 Å². The summed E-state index contributed by atoms with van der Waals surface area (Å²) in [5.74, 6) is 0.597. The standard InChI is InChI=1S/C23H22N4O3/c1-2-30-21-11-7-6-10-19(21)25-23(29)24-17-12-13-20-18(14-17)22(28)26-27(20)15-16-8-4-3-5-9-16/h3-14H,2,15H2,1H3,(H,26,28)(H2,24,25,29). The molecular weight excluding hydrogens is 380 g/mol. The van der Waals surface area contributed by atoms with Gasteiger partial charge in [-0.1, -0.05) is 42.5 Å². The van der Waals surface area contributed by atoms with Crippen LogP contribution in [0.4, 0.5) is 16.2 Å². The number of anilines is 2. The van der Waals surface area contributed by atoms with E-state index in [1.807, 2.05) is 55.5 Å². The Bertz CT molecular complexity index is 1230. The SMILES string of the molecule is CCOc1ccccc1NC(=O)Nc1ccc2c(c1)c(=O)[nH]n2Cc1ccccc1. The van der Waals surface area contributed by atoms with Crippen LogP contribution in [0.5, 0.6) is 5.75 Å². The number of fused-ring (bicyclic) bond motifs is 1. The number of carbonyl (C=O) groups is 1. The summed E-state index contributed by atoms with van der Waals surface area (Å²) in [5.41, 5.74) is 2.75. The quantitative estimate of drug-likeness (QED) is 0.446. The van der Waals surface area contributed by atoms with Crippen molar-refractivity contribution in [1.82, 2.24) is 9.78 Å². The molecule has 0 saturated carbocycles. The third-order valence-electron chi connectivity index (χ3n) is 4.64. The van der Waals surface area contributed by atoms with Gasteiger partial charge in [0.2, 0.25) is 0 Å². The van der Waals surface area contributed by atoms with Crippen molar-refractivity contribution in [2.45, 2.75) is 13.5 Å². The first-order valence-electron chi connectivity index (χ1n) is 9.70. The number of hydrogen-bond donors (Lipinski definition) is 3. The fraction of sp³-hybridized carbons (Fsp3) is 0.130. The Kier molecular flexibility index (Phi) is 5.52. The zero-order valence-corrected chi connectivity index (χ0v) is 16.5. The van der Waals surface area contributed by atoms with Crippen LogP contribution in [0.1, 0.15) is 12.5 Å². The second kappa shape index (κ2) is 8.57. The van der Waals surface area contributed by atoms with Crippen molar-refractivity contribution < 1.29 is 9.53 Å². The molecule has 1 aromatic heterocycles. The van der Waals surface area contributed by atoms with Gasteiger partial charge in [0, 0.05) is 5.69 Å². The van der Waals surface area contributed by atoms with E-state index in [4.69, 9.17) is 4.74 Å². The Labute approximate surface area is 173 Å². The molecule has 7 heteroatoms. The molecule has 3 N–H and O–H groups in total. The number of nitrogens with zero attached hydrogens (tertiary/aromatic N) is 1. The molecule has 2 amide bonds. The van der Waals surface area contributed by atoms with E-state index >= 15 is 0 Å². The summed E-state index contributed by atoms with van der Waals surface area (Å²) < 4.78 is 7.32. The Morgan fingerprint density at radius 1 is 1.00 bits per heavy atom. The predicted octanol–water partition coefficient (Wildman–Crippen LogP) is 4.42. The second-order valence-electron chi connectivity index (χ2n) is 6.75. The normalized spacial score (nSPS) is 10.7. The molecular formula is C23H22N4O3. The minimum absolute atomic E-state index is 0.202. The number of H-pyrrole nitrogens is 1. The summed E-state index contributed by atoms with van der Waals surface area (Å²) in [4.78, 5) is 24.9. The topological polar surface area (TPSA) is 88.2 Å². The monoisotopic (exact) mass is 402 g/mol. The minimum atomic E-state index is -0.415. The Morgan fingerprint density at radius 2 is 1.77 bits per heavy atom. The highest BCUT2D eigenvalue weighted by atomic mass is 16.5. The number of amides is 2. The number of aromatic amines is 1. The van der Waals surface area contributed by atoms with Crippen LogP contribution in [-0.2, 0) is 6.54 Å². The third kappa shape index (κ3) is 4.20. The number of benzene rings is 3. The molecule has 152 valence electrons. The molecule has 0 aliphatic heterocycles. The van der Waals surface area contributed by atoms with Gasteiger partial charge >= 0.3 is 6.03 Å². The molecule has 4 rings (SSSR count). The maximum Gasteiger partial charge on any atom is 0.323 e. The molecule has 0 unspecified atom stereocenters. The van der Waals surface area contributed by atoms with Gasteiger partial charge in [-0.05, 0) is 42.8 Å². The first-order valence-corrected chi connectivity index (χ1v) is 9.70. The molecule has 0 aliphatic carbocycles. The van der Waals surface area contributed by atoms with Crippen molar-refractivity contribution >= 4 is 28.3 Å². The molecule has 30 heavy (non-hydrogen) atoms. The van der Waals surface area contributed by atoms with Crippen LogP contribution in [0.15, 0.2) is 77.6 Å². The molecule has 7 nitrogen and oxygen atoms in total. The first kappa shape index (κ1) is 19.3. The van der Waals surface area contributed by atoms with Crippen LogP contribution in [0, 0.1) is 0 Å². The van der Waals surface area contributed by atoms with Gasteiger partial charge in [0.05, 0.1) is 29.7 Å². The Hall–Kier alpha value is -4.00. The van der Waals surface area contributed by atoms with Crippen LogP contribution >= 0.6 is 0 Å². The lowest BCUT2D eigenvalue weighted by Crippen LogP contribution is -2.20. The minimum Gasteiger partial charge on any atom is -0.492 e. The summed E-state index contributed by atoms with van der Waals surface area (Å²) >= 11 is 0. The molecule has 0 saturated heterocycles. The zero-order chi connectivity index (χ0) is 20.9. The van der Waals surface area contributed by atoms with E-state index in [0.29, 0.717) is 35.7 Å². The van der Waals surface area contributed by atoms with E-state index < -0.39 is 6.03 Å². The van der Waals surface area contributed by atoms with Gasteiger partial charge in [-0.3, -0.25) is 14.6 Å². The number of hydrogen-bond acceptors (Lipinski definition) is 3. The maximum absolute atomic E-state index is 12.4. The number of nitrogens with one attached hydrogen (secondary N) is 3. The van der Waals surface area contributed by atoms with Crippen LogP contribution in [-0.4, -0.2) is 22.4 Å². The second-order valence-corrected chi connectivity index (χ2v) is 6.75. The number of rotatable bonds is 6. The van der Waals surface area contributed by atoms with Gasteiger partial charge in [-0.2, -0.15) is 0 Å². The van der Waals surface area contributed by atoms with Crippen molar-refractivity contribution in [3.8, 4) is 5.75 Å². The highest BCUT2D eigenvalue weighted by Gasteiger charge is 2.11. The average Bonchev–Trinajstić information content (AvgIpc) is 3.05. The number of urea groups is 1. The van der Waals surface area contributed by atoms with Crippen LogP contribution < -0.4 is 20.9 Å². The van der Waals surface area contributed by atoms with Crippen LogP contribution in [0.2, 0.25) is 0 Å². The van der Waals surface area contributed by atoms with Gasteiger partial charge in [-0.25, -0.2) is 4.79 Å². The third-order valence-corrected chi connectivity index (χ3v) is 4.64. The van der Waals surface area contributed by atoms with Gasteiger partial charge in [0.1, 0.15) is 5.75 Å². The number of ether oxygens (including phenoxy) is 1. The lowest BCUT2D eigenvalue weighted by Gasteiger charge is -2.12. The maximum atomic E-state index is 12.4.